The first-order valence-electron chi connectivity index (χ1n) is 6.42. The van der Waals surface area contributed by atoms with E-state index in [1.54, 1.807) is 0 Å². The fraction of sp³-hybridized carbons (Fsp3) is 0.917. The minimum Gasteiger partial charge on any atom is -0.353 e. The number of nitrogens with two attached hydrogens (primary N) is 1. The molecule has 0 bridgehead atoms. The molecule has 4 nitrogen and oxygen atoms in total. The Hall–Kier alpha value is -0.0300. The third kappa shape index (κ3) is 5.74. The Bertz CT molecular complexity index is 229. The molecule has 0 saturated heterocycles. The van der Waals surface area contributed by atoms with Gasteiger partial charge in [-0.3, -0.25) is 4.79 Å². The number of hydrogen-bond acceptors (Lipinski definition) is 3. The molecule has 1 saturated carbocycles. The number of amides is 1. The fourth-order valence-electron chi connectivity index (χ4n) is 2.28. The third-order valence-corrected chi connectivity index (χ3v) is 3.56. The van der Waals surface area contributed by atoms with E-state index in [-0.39, 0.29) is 30.7 Å². The molecule has 1 aliphatic rings. The highest BCUT2D eigenvalue weighted by Gasteiger charge is 2.36. The highest BCUT2D eigenvalue weighted by molar-refractivity contribution is 5.86. The van der Waals surface area contributed by atoms with E-state index in [9.17, 15) is 4.79 Å². The molecule has 0 aromatic carbocycles. The van der Waals surface area contributed by atoms with Gasteiger partial charge in [-0.2, -0.15) is 0 Å². The lowest BCUT2D eigenvalue weighted by Gasteiger charge is -2.24. The number of hydrogen-bond donors (Lipinski definition) is 2. The van der Waals surface area contributed by atoms with E-state index < -0.39 is 5.54 Å². The number of nitrogens with one attached hydrogen (secondary N) is 1. The van der Waals surface area contributed by atoms with Gasteiger partial charge in [-0.15, -0.1) is 24.8 Å². The Kier molecular flexibility index (Phi) is 11.1. The molecule has 6 heteroatoms. The molecule has 0 aliphatic heterocycles. The molecule has 0 aromatic heterocycles. The molecular weight excluding hydrogens is 273 g/mol. The molecule has 0 heterocycles. The van der Waals surface area contributed by atoms with Crippen molar-refractivity contribution in [3.8, 4) is 0 Å². The van der Waals surface area contributed by atoms with Crippen LogP contribution in [0.5, 0.6) is 0 Å². The van der Waals surface area contributed by atoms with Crippen LogP contribution in [0, 0.1) is 0 Å². The van der Waals surface area contributed by atoms with Crippen LogP contribution in [0.2, 0.25) is 0 Å². The van der Waals surface area contributed by atoms with Crippen molar-refractivity contribution in [1.29, 1.82) is 0 Å². The van der Waals surface area contributed by atoms with E-state index in [1.165, 1.54) is 0 Å². The second-order valence-corrected chi connectivity index (χ2v) is 4.65. The van der Waals surface area contributed by atoms with E-state index in [0.29, 0.717) is 6.54 Å². The van der Waals surface area contributed by atoms with E-state index in [4.69, 9.17) is 5.73 Å². The lowest BCUT2D eigenvalue weighted by Crippen LogP contribution is -2.53. The molecule has 1 amide bonds. The van der Waals surface area contributed by atoms with E-state index in [1.807, 2.05) is 0 Å². The Labute approximate surface area is 123 Å². The monoisotopic (exact) mass is 299 g/mol. The molecule has 0 atom stereocenters. The first-order chi connectivity index (χ1) is 7.62. The molecule has 3 N–H and O–H groups in total. The Morgan fingerprint density at radius 3 is 2.17 bits per heavy atom. The van der Waals surface area contributed by atoms with Crippen molar-refractivity contribution in [2.24, 2.45) is 5.73 Å². The number of nitrogens with zero attached hydrogens (tertiary/aromatic N) is 1. The predicted octanol–water partition coefficient (Wildman–Crippen LogP) is 1.56. The first-order valence-corrected chi connectivity index (χ1v) is 6.42. The zero-order chi connectivity index (χ0) is 12.0. The van der Waals surface area contributed by atoms with Crippen LogP contribution in [0.4, 0.5) is 0 Å². The van der Waals surface area contributed by atoms with Gasteiger partial charge in [-0.1, -0.05) is 26.7 Å². The zero-order valence-corrected chi connectivity index (χ0v) is 13.0. The SMILES string of the molecule is CCN(CC)CCNC(=O)C1(N)CCCC1.Cl.Cl. The first kappa shape index (κ1) is 20.3. The quantitative estimate of drug-likeness (QED) is 0.782. The molecule has 1 rings (SSSR count). The maximum Gasteiger partial charge on any atom is 0.240 e. The maximum absolute atomic E-state index is 11.9. The summed E-state index contributed by atoms with van der Waals surface area (Å²) in [6, 6.07) is 0. The van der Waals surface area contributed by atoms with Gasteiger partial charge in [0, 0.05) is 13.1 Å². The molecule has 110 valence electrons. The smallest absolute Gasteiger partial charge is 0.240 e. The predicted molar refractivity (Wildman–Crippen MR) is 80.7 cm³/mol. The summed E-state index contributed by atoms with van der Waals surface area (Å²) in [7, 11) is 0. The third-order valence-electron chi connectivity index (χ3n) is 3.56. The summed E-state index contributed by atoms with van der Waals surface area (Å²) in [6.07, 6.45) is 3.84. The molecular formula is C12H27Cl2N3O. The number of carbonyl (C=O) groups is 1. The van der Waals surface area contributed by atoms with Crippen LogP contribution in [0.3, 0.4) is 0 Å². The Balaban J connectivity index is 0. The minimum atomic E-state index is -0.580. The van der Waals surface area contributed by atoms with Gasteiger partial charge in [-0.05, 0) is 25.9 Å². The van der Waals surface area contributed by atoms with Gasteiger partial charge in [0.25, 0.3) is 0 Å². The number of rotatable bonds is 6. The average Bonchev–Trinajstić information content (AvgIpc) is 2.72. The van der Waals surface area contributed by atoms with Crippen molar-refractivity contribution in [3.63, 3.8) is 0 Å². The molecule has 0 radical (unpaired) electrons. The van der Waals surface area contributed by atoms with Crippen LogP contribution in [0.15, 0.2) is 0 Å². The summed E-state index contributed by atoms with van der Waals surface area (Å²) < 4.78 is 0. The Morgan fingerprint density at radius 2 is 1.72 bits per heavy atom. The van der Waals surface area contributed by atoms with Crippen LogP contribution in [-0.2, 0) is 4.79 Å². The normalized spacial score (nSPS) is 16.9. The van der Waals surface area contributed by atoms with E-state index in [0.717, 1.165) is 45.3 Å². The van der Waals surface area contributed by atoms with Crippen LogP contribution in [0.25, 0.3) is 0 Å². The van der Waals surface area contributed by atoms with Gasteiger partial charge in [0.15, 0.2) is 0 Å². The lowest BCUT2D eigenvalue weighted by atomic mass is 9.98. The van der Waals surface area contributed by atoms with Crippen molar-refractivity contribution < 1.29 is 4.79 Å². The zero-order valence-electron chi connectivity index (χ0n) is 11.4. The van der Waals surface area contributed by atoms with Crippen molar-refractivity contribution in [3.05, 3.63) is 0 Å². The second kappa shape index (κ2) is 9.84. The summed E-state index contributed by atoms with van der Waals surface area (Å²) in [6.45, 7) is 7.94. The van der Waals surface area contributed by atoms with Crippen LogP contribution in [0.1, 0.15) is 39.5 Å². The van der Waals surface area contributed by atoms with Gasteiger partial charge in [-0.25, -0.2) is 0 Å². The molecule has 0 spiro atoms. The summed E-state index contributed by atoms with van der Waals surface area (Å²) in [5.41, 5.74) is 5.48. The summed E-state index contributed by atoms with van der Waals surface area (Å²) in [5.74, 6) is 0.0390. The molecule has 1 fully saturated rings. The lowest BCUT2D eigenvalue weighted by molar-refractivity contribution is -0.126. The van der Waals surface area contributed by atoms with Crippen molar-refractivity contribution >= 4 is 30.7 Å². The van der Waals surface area contributed by atoms with Gasteiger partial charge in [0.05, 0.1) is 5.54 Å². The molecule has 18 heavy (non-hydrogen) atoms. The highest BCUT2D eigenvalue weighted by Crippen LogP contribution is 2.26. The van der Waals surface area contributed by atoms with Crippen molar-refractivity contribution in [2.45, 2.75) is 45.1 Å². The van der Waals surface area contributed by atoms with Crippen LogP contribution in [-0.4, -0.2) is 42.5 Å². The van der Waals surface area contributed by atoms with Gasteiger partial charge in [0.2, 0.25) is 5.91 Å². The van der Waals surface area contributed by atoms with E-state index in [2.05, 4.69) is 24.1 Å². The number of halogens is 2. The summed E-state index contributed by atoms with van der Waals surface area (Å²) in [5, 5.41) is 2.96. The van der Waals surface area contributed by atoms with Gasteiger partial charge < -0.3 is 16.0 Å². The summed E-state index contributed by atoms with van der Waals surface area (Å²) in [4.78, 5) is 14.2. The highest BCUT2D eigenvalue weighted by atomic mass is 35.5. The standard InChI is InChI=1S/C12H25N3O.2ClH/c1-3-15(4-2)10-9-14-11(16)12(13)7-5-6-8-12;;/h3-10,13H2,1-2H3,(H,14,16);2*1H. The van der Waals surface area contributed by atoms with Crippen molar-refractivity contribution in [2.75, 3.05) is 26.2 Å². The van der Waals surface area contributed by atoms with E-state index >= 15 is 0 Å². The number of carbonyl (C=O) groups excluding carboxylic acids is 1. The molecule has 1 aliphatic carbocycles. The number of likely N-dealkylation sites (N-methyl/N-ethyl adjacent to an activating group) is 1. The summed E-state index contributed by atoms with van der Waals surface area (Å²) >= 11 is 0. The van der Waals surface area contributed by atoms with Crippen LogP contribution < -0.4 is 11.1 Å². The van der Waals surface area contributed by atoms with Gasteiger partial charge in [0.1, 0.15) is 0 Å². The fourth-order valence-corrected chi connectivity index (χ4v) is 2.28. The average molecular weight is 300 g/mol. The topological polar surface area (TPSA) is 58.4 Å². The largest absolute Gasteiger partial charge is 0.353 e. The Morgan fingerprint density at radius 1 is 1.22 bits per heavy atom. The second-order valence-electron chi connectivity index (χ2n) is 4.65. The van der Waals surface area contributed by atoms with Crippen molar-refractivity contribution in [1.82, 2.24) is 10.2 Å². The van der Waals surface area contributed by atoms with Crippen LogP contribution >= 0.6 is 24.8 Å². The minimum absolute atomic E-state index is 0. The molecule has 0 aromatic rings. The molecule has 0 unspecified atom stereocenters. The van der Waals surface area contributed by atoms with Gasteiger partial charge >= 0.3 is 0 Å². The maximum atomic E-state index is 11.9.